The van der Waals surface area contributed by atoms with Crippen molar-refractivity contribution in [3.8, 4) is 0 Å². The fourth-order valence-electron chi connectivity index (χ4n) is 1.83. The number of carbonyl (C=O) groups excluding carboxylic acids is 2. The van der Waals surface area contributed by atoms with Gasteiger partial charge in [-0.25, -0.2) is 9.59 Å². The Morgan fingerprint density at radius 2 is 1.42 bits per heavy atom. The Labute approximate surface area is 141 Å². The lowest BCUT2D eigenvalue weighted by molar-refractivity contribution is 0.0539. The summed E-state index contributed by atoms with van der Waals surface area (Å²) < 4.78 is 10.2. The number of allylic oxidation sites excluding steroid dienone is 2. The van der Waals surface area contributed by atoms with Crippen LogP contribution in [-0.2, 0) is 9.47 Å². The van der Waals surface area contributed by atoms with Gasteiger partial charge in [-0.15, -0.1) is 0 Å². The molecule has 0 unspecified atom stereocenters. The lowest BCUT2D eigenvalue weighted by Crippen LogP contribution is -2.06. The first-order chi connectivity index (χ1) is 11.7. The predicted molar refractivity (Wildman–Crippen MR) is 91.5 cm³/mol. The van der Waals surface area contributed by atoms with Gasteiger partial charge in [-0.1, -0.05) is 42.5 Å². The van der Waals surface area contributed by atoms with E-state index in [1.165, 1.54) is 6.26 Å². The second kappa shape index (κ2) is 9.10. The monoisotopic (exact) mass is 322 g/mol. The maximum Gasteiger partial charge on any atom is 0.342 e. The molecular weight excluding hydrogens is 304 g/mol. The van der Waals surface area contributed by atoms with Crippen molar-refractivity contribution in [1.29, 1.82) is 0 Å². The number of carbonyl (C=O) groups is 2. The van der Waals surface area contributed by atoms with Gasteiger partial charge >= 0.3 is 11.9 Å². The molecule has 2 rings (SSSR count). The summed E-state index contributed by atoms with van der Waals surface area (Å²) in [5.41, 5.74) is 1.82. The van der Waals surface area contributed by atoms with Gasteiger partial charge in [0.05, 0.1) is 17.4 Å². The minimum atomic E-state index is -0.423. The van der Waals surface area contributed by atoms with Crippen molar-refractivity contribution < 1.29 is 19.1 Å². The molecule has 0 aliphatic carbocycles. The van der Waals surface area contributed by atoms with E-state index in [0.717, 1.165) is 5.57 Å². The third kappa shape index (κ3) is 5.57. The van der Waals surface area contributed by atoms with Crippen LogP contribution < -0.4 is 0 Å². The molecule has 4 nitrogen and oxygen atoms in total. The minimum absolute atomic E-state index is 0.171. The van der Waals surface area contributed by atoms with Crippen molar-refractivity contribution in [1.82, 2.24) is 0 Å². The maximum absolute atomic E-state index is 11.8. The average molecular weight is 322 g/mol. The highest BCUT2D eigenvalue weighted by Crippen LogP contribution is 2.04. The molecule has 0 N–H and O–H groups in total. The number of rotatable bonds is 6. The summed E-state index contributed by atoms with van der Waals surface area (Å²) >= 11 is 0. The fourth-order valence-corrected chi connectivity index (χ4v) is 1.83. The Kier molecular flexibility index (Phi) is 6.53. The van der Waals surface area contributed by atoms with Crippen molar-refractivity contribution >= 4 is 11.9 Å². The van der Waals surface area contributed by atoms with Crippen LogP contribution in [0.25, 0.3) is 0 Å². The van der Waals surface area contributed by atoms with Gasteiger partial charge in [0.1, 0.15) is 6.61 Å². The molecule has 0 aliphatic heterocycles. The molecule has 0 amide bonds. The van der Waals surface area contributed by atoms with Gasteiger partial charge in [0.25, 0.3) is 0 Å². The molecule has 4 heteroatoms. The molecule has 24 heavy (non-hydrogen) atoms. The zero-order chi connectivity index (χ0) is 17.2. The molecule has 122 valence electrons. The Balaban J connectivity index is 1.77. The summed E-state index contributed by atoms with van der Waals surface area (Å²) in [6, 6.07) is 17.5. The van der Waals surface area contributed by atoms with E-state index < -0.39 is 5.97 Å². The summed E-state index contributed by atoms with van der Waals surface area (Å²) in [4.78, 5) is 23.5. The molecule has 2 aromatic carbocycles. The summed E-state index contributed by atoms with van der Waals surface area (Å²) in [6.45, 7) is 1.99. The number of ether oxygens (including phenoxy) is 2. The molecule has 0 atom stereocenters. The van der Waals surface area contributed by atoms with Crippen LogP contribution in [-0.4, -0.2) is 18.5 Å². The first-order valence-corrected chi connectivity index (χ1v) is 7.47. The van der Waals surface area contributed by atoms with Gasteiger partial charge in [0, 0.05) is 0 Å². The molecule has 0 radical (unpaired) electrons. The number of benzene rings is 2. The van der Waals surface area contributed by atoms with Crippen LogP contribution in [0.4, 0.5) is 0 Å². The largest absolute Gasteiger partial charge is 0.458 e. The Morgan fingerprint density at radius 3 is 2.00 bits per heavy atom. The zero-order valence-corrected chi connectivity index (χ0v) is 13.3. The molecule has 0 aliphatic rings. The van der Waals surface area contributed by atoms with Gasteiger partial charge in [0.2, 0.25) is 0 Å². The van der Waals surface area contributed by atoms with Crippen LogP contribution in [0.1, 0.15) is 27.6 Å². The topological polar surface area (TPSA) is 52.6 Å². The predicted octanol–water partition coefficient (Wildman–Crippen LogP) is 4.16. The van der Waals surface area contributed by atoms with Crippen molar-refractivity contribution in [3.05, 3.63) is 95.8 Å². The third-order valence-corrected chi connectivity index (χ3v) is 3.08. The summed E-state index contributed by atoms with van der Waals surface area (Å²) in [7, 11) is 0. The molecule has 0 bridgehead atoms. The van der Waals surface area contributed by atoms with Crippen LogP contribution in [0, 0.1) is 0 Å². The van der Waals surface area contributed by atoms with E-state index in [9.17, 15) is 9.59 Å². The standard InChI is InChI=1S/C20H18O4/c1-16(15-24-20(22)18-12-6-3-7-13-18)9-8-14-23-19(21)17-10-4-2-5-11-17/h2-14H,15H2,1H3/b14-8-,16-9+. The highest BCUT2D eigenvalue weighted by atomic mass is 16.5. The van der Waals surface area contributed by atoms with Gasteiger partial charge < -0.3 is 9.47 Å². The van der Waals surface area contributed by atoms with E-state index in [-0.39, 0.29) is 12.6 Å². The fraction of sp³-hybridized carbons (Fsp3) is 0.100. The van der Waals surface area contributed by atoms with Gasteiger partial charge in [-0.3, -0.25) is 0 Å². The molecular formula is C20H18O4. The molecule has 0 aromatic heterocycles. The first kappa shape index (κ1) is 17.2. The molecule has 0 heterocycles. The number of hydrogen-bond donors (Lipinski definition) is 0. The zero-order valence-electron chi connectivity index (χ0n) is 13.3. The van der Waals surface area contributed by atoms with Gasteiger partial charge in [-0.05, 0) is 42.8 Å². The second-order valence-electron chi connectivity index (χ2n) is 5.06. The number of esters is 2. The molecule has 0 spiro atoms. The van der Waals surface area contributed by atoms with Crippen molar-refractivity contribution in [3.63, 3.8) is 0 Å². The van der Waals surface area contributed by atoms with Crippen molar-refractivity contribution in [2.75, 3.05) is 6.61 Å². The van der Waals surface area contributed by atoms with Gasteiger partial charge in [0.15, 0.2) is 0 Å². The second-order valence-corrected chi connectivity index (χ2v) is 5.06. The first-order valence-electron chi connectivity index (χ1n) is 7.47. The van der Waals surface area contributed by atoms with E-state index in [4.69, 9.17) is 9.47 Å². The molecule has 0 fully saturated rings. The van der Waals surface area contributed by atoms with Crippen molar-refractivity contribution in [2.24, 2.45) is 0 Å². The van der Waals surface area contributed by atoms with E-state index in [0.29, 0.717) is 11.1 Å². The lowest BCUT2D eigenvalue weighted by atomic mass is 10.2. The van der Waals surface area contributed by atoms with Crippen LogP contribution in [0.3, 0.4) is 0 Å². The average Bonchev–Trinajstić information content (AvgIpc) is 2.64. The lowest BCUT2D eigenvalue weighted by Gasteiger charge is -2.04. The van der Waals surface area contributed by atoms with E-state index in [2.05, 4.69) is 0 Å². The Morgan fingerprint density at radius 1 is 0.875 bits per heavy atom. The van der Waals surface area contributed by atoms with E-state index >= 15 is 0 Å². The quantitative estimate of drug-likeness (QED) is 0.455. The molecule has 0 saturated carbocycles. The van der Waals surface area contributed by atoms with Crippen LogP contribution in [0.2, 0.25) is 0 Å². The van der Waals surface area contributed by atoms with E-state index in [1.54, 1.807) is 60.7 Å². The number of hydrogen-bond acceptors (Lipinski definition) is 4. The smallest absolute Gasteiger partial charge is 0.342 e. The SMILES string of the molecule is C/C(=C\C=C/OC(=O)c1ccccc1)COC(=O)c1ccccc1. The van der Waals surface area contributed by atoms with Crippen LogP contribution in [0.15, 0.2) is 84.7 Å². The third-order valence-electron chi connectivity index (χ3n) is 3.08. The maximum atomic E-state index is 11.8. The molecule has 2 aromatic rings. The summed E-state index contributed by atoms with van der Waals surface area (Å²) in [5, 5.41) is 0. The Bertz CT molecular complexity index is 731. The highest BCUT2D eigenvalue weighted by molar-refractivity contribution is 5.90. The normalized spacial score (nSPS) is 11.3. The van der Waals surface area contributed by atoms with Crippen LogP contribution in [0.5, 0.6) is 0 Å². The van der Waals surface area contributed by atoms with Gasteiger partial charge in [-0.2, -0.15) is 0 Å². The van der Waals surface area contributed by atoms with Crippen LogP contribution >= 0.6 is 0 Å². The van der Waals surface area contributed by atoms with E-state index in [1.807, 2.05) is 19.1 Å². The molecule has 0 saturated heterocycles. The van der Waals surface area contributed by atoms with Crippen molar-refractivity contribution in [2.45, 2.75) is 6.92 Å². The summed E-state index contributed by atoms with van der Waals surface area (Å²) in [5.74, 6) is -0.795. The Hall–Kier alpha value is -3.14. The minimum Gasteiger partial charge on any atom is -0.458 e. The highest BCUT2D eigenvalue weighted by Gasteiger charge is 2.05. The summed E-state index contributed by atoms with van der Waals surface area (Å²) in [6.07, 6.45) is 4.61.